The standard InChI is InChI=1S/C11H14N2O3S3/c1-6(14)9-8(10(15)16)13-11(19-9)12-4-7-5-17-2-3-18-7/h7H,2-5H2,1H3,(H,12,13)(H,15,16). The molecule has 1 fully saturated rings. The maximum Gasteiger partial charge on any atom is 0.356 e. The molecule has 1 unspecified atom stereocenters. The van der Waals surface area contributed by atoms with Gasteiger partial charge >= 0.3 is 5.97 Å². The Bertz CT molecular complexity index is 452. The molecule has 1 saturated heterocycles. The fraction of sp³-hybridized carbons (Fsp3) is 0.545. The first-order chi connectivity index (χ1) is 9.08. The maximum absolute atomic E-state index is 11.4. The summed E-state index contributed by atoms with van der Waals surface area (Å²) in [5, 5.41) is 13.2. The lowest BCUT2D eigenvalue weighted by Gasteiger charge is -2.20. The molecule has 5 nitrogen and oxygen atoms in total. The van der Waals surface area contributed by atoms with Crippen molar-refractivity contribution in [3.05, 3.63) is 10.6 Å². The van der Waals surface area contributed by atoms with E-state index >= 15 is 0 Å². The third-order valence-electron chi connectivity index (χ3n) is 2.52. The monoisotopic (exact) mass is 318 g/mol. The van der Waals surface area contributed by atoms with Crippen LogP contribution in [0.4, 0.5) is 5.13 Å². The first-order valence-electron chi connectivity index (χ1n) is 5.76. The van der Waals surface area contributed by atoms with Crippen molar-refractivity contribution in [2.45, 2.75) is 12.2 Å². The van der Waals surface area contributed by atoms with Crippen LogP contribution in [0.3, 0.4) is 0 Å². The van der Waals surface area contributed by atoms with E-state index in [0.29, 0.717) is 10.4 Å². The van der Waals surface area contributed by atoms with Gasteiger partial charge in [-0.15, -0.1) is 0 Å². The Balaban J connectivity index is 2.02. The molecule has 0 saturated carbocycles. The first kappa shape index (κ1) is 14.7. The van der Waals surface area contributed by atoms with Gasteiger partial charge in [0.1, 0.15) is 4.88 Å². The molecule has 0 spiro atoms. The van der Waals surface area contributed by atoms with E-state index in [1.807, 2.05) is 23.5 Å². The summed E-state index contributed by atoms with van der Waals surface area (Å²) in [6.07, 6.45) is 0. The number of carboxylic acids is 1. The first-order valence-corrected chi connectivity index (χ1v) is 8.78. The van der Waals surface area contributed by atoms with Crippen LogP contribution in [0.1, 0.15) is 27.1 Å². The van der Waals surface area contributed by atoms with Gasteiger partial charge in [-0.1, -0.05) is 11.3 Å². The minimum atomic E-state index is -1.16. The summed E-state index contributed by atoms with van der Waals surface area (Å²) in [5.41, 5.74) is -0.148. The Kier molecular flexibility index (Phi) is 5.12. The van der Waals surface area contributed by atoms with E-state index in [9.17, 15) is 9.59 Å². The van der Waals surface area contributed by atoms with E-state index in [0.717, 1.165) is 29.4 Å². The summed E-state index contributed by atoms with van der Waals surface area (Å²) in [6.45, 7) is 2.11. The number of anilines is 1. The molecule has 104 valence electrons. The molecule has 1 aromatic heterocycles. The molecule has 0 bridgehead atoms. The number of hydrogen-bond donors (Lipinski definition) is 2. The summed E-state index contributed by atoms with van der Waals surface area (Å²) in [5.74, 6) is 2.01. The van der Waals surface area contributed by atoms with Crippen LogP contribution in [0.5, 0.6) is 0 Å². The van der Waals surface area contributed by atoms with Gasteiger partial charge in [0.2, 0.25) is 0 Å². The van der Waals surface area contributed by atoms with Crippen LogP contribution in [-0.2, 0) is 0 Å². The molecule has 1 aromatic rings. The minimum Gasteiger partial charge on any atom is -0.476 e. The summed E-state index contributed by atoms with van der Waals surface area (Å²) in [6, 6.07) is 0. The molecule has 0 amide bonds. The van der Waals surface area contributed by atoms with Crippen LogP contribution in [0.2, 0.25) is 0 Å². The zero-order valence-electron chi connectivity index (χ0n) is 10.3. The average Bonchev–Trinajstić information content (AvgIpc) is 2.82. The maximum atomic E-state index is 11.4. The molecular weight excluding hydrogens is 304 g/mol. The number of nitrogens with zero attached hydrogens (tertiary/aromatic N) is 1. The molecule has 2 rings (SSSR count). The number of Topliss-reactive ketones (excluding diaryl/α,β-unsaturated/α-hetero) is 1. The lowest BCUT2D eigenvalue weighted by atomic mass is 10.3. The molecule has 19 heavy (non-hydrogen) atoms. The number of aromatic nitrogens is 1. The highest BCUT2D eigenvalue weighted by atomic mass is 32.2. The number of rotatable bonds is 5. The molecule has 0 radical (unpaired) electrons. The second kappa shape index (κ2) is 6.62. The molecule has 1 aliphatic rings. The summed E-state index contributed by atoms with van der Waals surface area (Å²) < 4.78 is 0. The van der Waals surface area contributed by atoms with Crippen LogP contribution in [0.15, 0.2) is 0 Å². The summed E-state index contributed by atoms with van der Waals surface area (Å²) >= 11 is 4.96. The van der Waals surface area contributed by atoms with E-state index < -0.39 is 5.97 Å². The van der Waals surface area contributed by atoms with Gasteiger partial charge in [-0.25, -0.2) is 9.78 Å². The number of carboxylic acid groups (broad SMARTS) is 1. The van der Waals surface area contributed by atoms with Crippen LogP contribution < -0.4 is 5.32 Å². The number of carbonyl (C=O) groups is 2. The smallest absolute Gasteiger partial charge is 0.356 e. The largest absolute Gasteiger partial charge is 0.476 e. The highest BCUT2D eigenvalue weighted by Gasteiger charge is 2.21. The quantitative estimate of drug-likeness (QED) is 0.806. The van der Waals surface area contributed by atoms with Crippen molar-refractivity contribution < 1.29 is 14.7 Å². The third kappa shape index (κ3) is 3.87. The van der Waals surface area contributed by atoms with Crippen molar-refractivity contribution in [1.29, 1.82) is 0 Å². The van der Waals surface area contributed by atoms with Gasteiger partial charge in [-0.2, -0.15) is 23.5 Å². The molecule has 0 aromatic carbocycles. The summed E-state index contributed by atoms with van der Waals surface area (Å²) in [7, 11) is 0. The molecule has 2 N–H and O–H groups in total. The number of carbonyl (C=O) groups excluding carboxylic acids is 1. The molecule has 1 atom stereocenters. The Morgan fingerprint density at radius 1 is 1.47 bits per heavy atom. The van der Waals surface area contributed by atoms with Crippen LogP contribution in [0.25, 0.3) is 0 Å². The van der Waals surface area contributed by atoms with Gasteiger partial charge < -0.3 is 10.4 Å². The Hall–Kier alpha value is -0.730. The molecule has 2 heterocycles. The van der Waals surface area contributed by atoms with Crippen molar-refractivity contribution in [1.82, 2.24) is 4.98 Å². The van der Waals surface area contributed by atoms with Gasteiger partial charge in [0.15, 0.2) is 16.6 Å². The van der Waals surface area contributed by atoms with E-state index in [2.05, 4.69) is 10.3 Å². The average molecular weight is 318 g/mol. The highest BCUT2D eigenvalue weighted by molar-refractivity contribution is 8.06. The zero-order valence-corrected chi connectivity index (χ0v) is 12.8. The van der Waals surface area contributed by atoms with Gasteiger partial charge in [0.25, 0.3) is 0 Å². The number of nitrogens with one attached hydrogen (secondary N) is 1. The highest BCUT2D eigenvalue weighted by Crippen LogP contribution is 2.27. The second-order valence-electron chi connectivity index (χ2n) is 4.01. The Labute approximate surface area is 123 Å². The minimum absolute atomic E-state index is 0.148. The number of ketones is 1. The van der Waals surface area contributed by atoms with E-state index in [1.54, 1.807) is 0 Å². The molecule has 1 aliphatic heterocycles. The van der Waals surface area contributed by atoms with Crippen LogP contribution >= 0.6 is 34.9 Å². The fourth-order valence-corrected chi connectivity index (χ4v) is 5.11. The Morgan fingerprint density at radius 3 is 2.79 bits per heavy atom. The Morgan fingerprint density at radius 2 is 2.26 bits per heavy atom. The second-order valence-corrected chi connectivity index (χ2v) is 7.56. The topological polar surface area (TPSA) is 79.3 Å². The van der Waals surface area contributed by atoms with Gasteiger partial charge in [-0.05, 0) is 0 Å². The fourth-order valence-electron chi connectivity index (χ4n) is 1.63. The van der Waals surface area contributed by atoms with Crippen molar-refractivity contribution in [2.24, 2.45) is 0 Å². The van der Waals surface area contributed by atoms with Crippen molar-refractivity contribution in [3.63, 3.8) is 0 Å². The molecule has 8 heteroatoms. The zero-order chi connectivity index (χ0) is 13.8. The van der Waals surface area contributed by atoms with E-state index in [-0.39, 0.29) is 16.4 Å². The van der Waals surface area contributed by atoms with E-state index in [4.69, 9.17) is 5.11 Å². The predicted molar refractivity (Wildman–Crippen MR) is 81.1 cm³/mol. The van der Waals surface area contributed by atoms with Gasteiger partial charge in [0.05, 0.1) is 0 Å². The van der Waals surface area contributed by atoms with Crippen molar-refractivity contribution in [2.75, 3.05) is 29.1 Å². The van der Waals surface area contributed by atoms with Crippen molar-refractivity contribution >= 4 is 51.7 Å². The lowest BCUT2D eigenvalue weighted by Crippen LogP contribution is -2.23. The number of aromatic carboxylic acids is 1. The molecule has 0 aliphatic carbocycles. The predicted octanol–water partition coefficient (Wildman–Crippen LogP) is 2.30. The lowest BCUT2D eigenvalue weighted by molar-refractivity contribution is 0.0687. The van der Waals surface area contributed by atoms with Gasteiger partial charge in [-0.3, -0.25) is 4.79 Å². The molecular formula is C11H14N2O3S3. The number of thiazole rings is 1. The SMILES string of the molecule is CC(=O)c1sc(NCC2CSCCS2)nc1C(=O)O. The number of hydrogen-bond acceptors (Lipinski definition) is 7. The van der Waals surface area contributed by atoms with Crippen LogP contribution in [0, 0.1) is 0 Å². The van der Waals surface area contributed by atoms with Crippen molar-refractivity contribution in [3.8, 4) is 0 Å². The number of thioether (sulfide) groups is 2. The normalized spacial score (nSPS) is 19.1. The van der Waals surface area contributed by atoms with Crippen LogP contribution in [-0.4, -0.2) is 50.9 Å². The van der Waals surface area contributed by atoms with Gasteiger partial charge in [0, 0.05) is 36.0 Å². The van der Waals surface area contributed by atoms with E-state index in [1.165, 1.54) is 12.7 Å². The third-order valence-corrected chi connectivity index (χ3v) is 6.47. The summed E-state index contributed by atoms with van der Waals surface area (Å²) in [4.78, 5) is 26.6.